The number of hydrogen-bond donors (Lipinski definition) is 0. The fourth-order valence-electron chi connectivity index (χ4n) is 2.24. The molecule has 0 spiro atoms. The van der Waals surface area contributed by atoms with E-state index in [-0.39, 0.29) is 7.14 Å². The molecule has 32 heavy (non-hydrogen) atoms. The second-order valence-electron chi connectivity index (χ2n) is 5.89. The van der Waals surface area contributed by atoms with Gasteiger partial charge >= 0.3 is 181 Å². The molecule has 0 atom stereocenters. The van der Waals surface area contributed by atoms with Gasteiger partial charge in [0.15, 0.2) is 0 Å². The van der Waals surface area contributed by atoms with Crippen LogP contribution in [0.1, 0.15) is 0 Å². The zero-order chi connectivity index (χ0) is 24.6. The van der Waals surface area contributed by atoms with Gasteiger partial charge in [-0.3, -0.25) is 0 Å². The van der Waals surface area contributed by atoms with Crippen molar-refractivity contribution in [2.24, 2.45) is 0 Å². The van der Waals surface area contributed by atoms with E-state index in [0.29, 0.717) is 0 Å². The van der Waals surface area contributed by atoms with Crippen LogP contribution in [-0.2, 0) is 15.7 Å². The molecule has 0 N–H and O–H groups in total. The Kier molecular flexibility index (Phi) is 7.20. The molecular weight excluding hydrogens is 598 g/mol. The summed E-state index contributed by atoms with van der Waals surface area (Å²) >= 11 is -5.45. The first-order chi connectivity index (χ1) is 14.5. The van der Waals surface area contributed by atoms with E-state index in [1.54, 1.807) is 0 Å². The first-order valence-electron chi connectivity index (χ1n) is 8.07. The van der Waals surface area contributed by atoms with Crippen molar-refractivity contribution < 1.29 is 72.8 Å². The Morgan fingerprint density at radius 1 is 0.688 bits per heavy atom. The predicted molar refractivity (Wildman–Crippen MR) is 88.2 cm³/mol. The molecule has 2 aromatic rings. The summed E-state index contributed by atoms with van der Waals surface area (Å²) in [6, 6.07) is 12.5. The fourth-order valence-corrected chi connectivity index (χ4v) is 12.0. The predicted octanol–water partition coefficient (Wildman–Crippen LogP) is 2.13. The third-order valence-electron chi connectivity index (χ3n) is 3.86. The summed E-state index contributed by atoms with van der Waals surface area (Å²) in [5.41, 5.74) is 0. The van der Waals surface area contributed by atoms with E-state index in [0.717, 1.165) is 31.4 Å². The molecule has 4 nitrogen and oxygen atoms in total. The van der Waals surface area contributed by atoms with E-state index in [1.165, 1.54) is 36.4 Å². The van der Waals surface area contributed by atoms with Crippen molar-refractivity contribution in [2.75, 3.05) is 7.11 Å². The van der Waals surface area contributed by atoms with Crippen LogP contribution < -0.4 is 19.3 Å². The first kappa shape index (κ1) is 26.7. The molecule has 0 aliphatic rings. The van der Waals surface area contributed by atoms with Crippen LogP contribution in [0.15, 0.2) is 60.7 Å². The maximum absolute atomic E-state index is 14.2. The van der Waals surface area contributed by atoms with Crippen LogP contribution in [-0.4, -0.2) is 38.8 Å². The van der Waals surface area contributed by atoms with Gasteiger partial charge in [0.25, 0.3) is 0 Å². The molecule has 15 heteroatoms. The van der Waals surface area contributed by atoms with Gasteiger partial charge in [-0.1, -0.05) is 0 Å². The maximum atomic E-state index is 14.2. The van der Waals surface area contributed by atoms with Crippen LogP contribution in [0.4, 0.5) is 39.5 Å². The summed E-state index contributed by atoms with van der Waals surface area (Å²) in [5, 5.41) is -6.99. The normalized spacial score (nSPS) is 14.9. The molecular formula is C17H13F9IO4S+. The molecule has 0 aliphatic carbocycles. The summed E-state index contributed by atoms with van der Waals surface area (Å²) < 4.78 is 153. The average Bonchev–Trinajstić information content (AvgIpc) is 2.72. The van der Waals surface area contributed by atoms with Gasteiger partial charge in [-0.15, -0.1) is 0 Å². The minimum atomic E-state index is -7.41. The van der Waals surface area contributed by atoms with Crippen molar-refractivity contribution in [1.82, 2.24) is 0 Å². The summed E-state index contributed by atoms with van der Waals surface area (Å²) in [6.45, 7) is 0. The number of benzene rings is 2. The number of hydrogen-bond acceptors (Lipinski definition) is 4. The van der Waals surface area contributed by atoms with Crippen molar-refractivity contribution in [1.29, 1.82) is 0 Å². The number of alkyl halides is 9. The molecule has 0 aliphatic heterocycles. The summed E-state index contributed by atoms with van der Waals surface area (Å²) in [5.74, 6) is -14.8. The van der Waals surface area contributed by atoms with Gasteiger partial charge in [0.1, 0.15) is 0 Å². The van der Waals surface area contributed by atoms with Gasteiger partial charge in [-0.2, -0.15) is 0 Å². The van der Waals surface area contributed by atoms with Crippen LogP contribution in [0.5, 0.6) is 0 Å². The molecule has 180 valence electrons. The Labute approximate surface area is 181 Å². The van der Waals surface area contributed by atoms with Gasteiger partial charge in [-0.05, 0) is 0 Å². The summed E-state index contributed by atoms with van der Waals surface area (Å²) in [4.78, 5) is 0. The van der Waals surface area contributed by atoms with Gasteiger partial charge in [0.2, 0.25) is 0 Å². The Morgan fingerprint density at radius 3 is 1.38 bits per heavy atom. The van der Waals surface area contributed by atoms with Crippen molar-refractivity contribution in [3.8, 4) is 0 Å². The van der Waals surface area contributed by atoms with Gasteiger partial charge < -0.3 is 0 Å². The van der Waals surface area contributed by atoms with E-state index < -0.39 is 52.7 Å². The molecule has 0 fully saturated rings. The monoisotopic (exact) mass is 611 g/mol. The number of rotatable bonds is 8. The van der Waals surface area contributed by atoms with Gasteiger partial charge in [0.05, 0.1) is 0 Å². The second kappa shape index (κ2) is 8.64. The molecule has 0 radical (unpaired) electrons. The molecule has 2 rings (SSSR count). The van der Waals surface area contributed by atoms with Crippen molar-refractivity contribution in [3.63, 3.8) is 0 Å². The molecule has 0 amide bonds. The Morgan fingerprint density at radius 2 is 1.06 bits per heavy atom. The van der Waals surface area contributed by atoms with E-state index in [9.17, 15) is 47.9 Å². The molecule has 2 aromatic carbocycles. The average molecular weight is 611 g/mol. The van der Waals surface area contributed by atoms with Gasteiger partial charge in [0, 0.05) is 0 Å². The summed E-state index contributed by atoms with van der Waals surface area (Å²) in [6.07, 6.45) is -7.19. The SMILES string of the molecule is CO[I+](OS(=O)(=O)C(F)(F)C(F)(F)C(F)(F)C(F)(F)F)(c1ccccc1)c1ccccc1. The van der Waals surface area contributed by atoms with Crippen LogP contribution in [0.3, 0.4) is 0 Å². The summed E-state index contributed by atoms with van der Waals surface area (Å²) in [7, 11) is -6.34. The molecule has 0 saturated heterocycles. The zero-order valence-corrected chi connectivity index (χ0v) is 18.6. The Bertz CT molecular complexity index is 989. The third-order valence-corrected chi connectivity index (χ3v) is 14.0. The van der Waals surface area contributed by atoms with Crippen molar-refractivity contribution in [2.45, 2.75) is 23.3 Å². The standard InChI is InChI=1S/C17H13F9IO4S/c1-30-27(12-8-4-2-5-9-12,13-10-6-3-7-11-13)31-32(28,29)17(25,26)15(20,21)14(18,19)16(22,23)24/h2-11H,1H3/q+1. The fraction of sp³-hybridized carbons (Fsp3) is 0.294. The van der Waals surface area contributed by atoms with Gasteiger partial charge in [-0.25, -0.2) is 0 Å². The second-order valence-corrected chi connectivity index (χ2v) is 14.6. The first-order valence-corrected chi connectivity index (χ1v) is 13.4. The Hall–Kier alpha value is -1.59. The van der Waals surface area contributed by atoms with Crippen LogP contribution >= 0.6 is 0 Å². The molecule has 0 bridgehead atoms. The quantitative estimate of drug-likeness (QED) is 0.340. The van der Waals surface area contributed by atoms with Crippen LogP contribution in [0.25, 0.3) is 0 Å². The van der Waals surface area contributed by atoms with E-state index in [2.05, 4.69) is 2.51 Å². The topological polar surface area (TPSA) is 52.6 Å². The zero-order valence-electron chi connectivity index (χ0n) is 15.6. The molecule has 0 aromatic heterocycles. The van der Waals surface area contributed by atoms with E-state index in [1.807, 2.05) is 0 Å². The van der Waals surface area contributed by atoms with Crippen molar-refractivity contribution in [3.05, 3.63) is 67.8 Å². The van der Waals surface area contributed by atoms with Crippen molar-refractivity contribution >= 4 is 10.1 Å². The molecule has 0 heterocycles. The molecule has 0 unspecified atom stereocenters. The number of halogens is 10. The van der Waals surface area contributed by atoms with E-state index >= 15 is 0 Å². The van der Waals surface area contributed by atoms with Crippen LogP contribution in [0, 0.1) is 7.14 Å². The third kappa shape index (κ3) is 4.19. The molecule has 0 saturated carbocycles. The Balaban J connectivity index is 2.70. The van der Waals surface area contributed by atoms with E-state index in [4.69, 9.17) is 3.07 Å². The minimum absolute atomic E-state index is 0.196. The van der Waals surface area contributed by atoms with Crippen LogP contribution in [0.2, 0.25) is 0 Å².